The summed E-state index contributed by atoms with van der Waals surface area (Å²) in [6.45, 7) is 9.76. The number of aromatic nitrogens is 1. The molecule has 5 heteroatoms. The van der Waals surface area contributed by atoms with Gasteiger partial charge in [-0.05, 0) is 24.0 Å². The van der Waals surface area contributed by atoms with E-state index in [1.807, 2.05) is 11.8 Å². The van der Waals surface area contributed by atoms with Gasteiger partial charge in [0.05, 0.1) is 18.8 Å². The molecule has 1 saturated heterocycles. The maximum atomic E-state index is 9.78. The Morgan fingerprint density at radius 2 is 2.05 bits per heavy atom. The van der Waals surface area contributed by atoms with Gasteiger partial charge in [-0.2, -0.15) is 17.0 Å². The van der Waals surface area contributed by atoms with Gasteiger partial charge < -0.3 is 9.64 Å². The first kappa shape index (κ1) is 15.6. The Kier molecular flexibility index (Phi) is 4.33. The number of rotatable bonds is 2. The summed E-state index contributed by atoms with van der Waals surface area (Å²) in [4.78, 5) is 7.10. The van der Waals surface area contributed by atoms with Gasteiger partial charge in [-0.15, -0.1) is 0 Å². The van der Waals surface area contributed by atoms with Gasteiger partial charge in [-0.25, -0.2) is 4.98 Å². The highest BCUT2D eigenvalue weighted by molar-refractivity contribution is 7.99. The zero-order valence-electron chi connectivity index (χ0n) is 13.6. The molecular formula is C17H23N3OS. The average molecular weight is 317 g/mol. The van der Waals surface area contributed by atoms with Gasteiger partial charge in [0.25, 0.3) is 0 Å². The summed E-state index contributed by atoms with van der Waals surface area (Å²) in [5, 5.41) is 9.78. The molecule has 0 aromatic carbocycles. The Bertz CT molecular complexity index is 615. The van der Waals surface area contributed by atoms with E-state index in [1.165, 1.54) is 16.8 Å². The molecule has 0 spiro atoms. The maximum Gasteiger partial charge on any atom is 0.147 e. The van der Waals surface area contributed by atoms with Crippen LogP contribution in [0.3, 0.4) is 0 Å². The monoisotopic (exact) mass is 317 g/mol. The van der Waals surface area contributed by atoms with Crippen LogP contribution in [0, 0.1) is 11.3 Å². The molecule has 118 valence electrons. The SMILES string of the molecule is CCc1nc(N2CCOCC2)c(C#N)c2c1CSC(C)(C)C2. The number of nitrogens with zero attached hydrogens (tertiary/aromatic N) is 3. The Labute approximate surface area is 136 Å². The van der Waals surface area contributed by atoms with Crippen LogP contribution in [-0.2, 0) is 23.3 Å². The van der Waals surface area contributed by atoms with Crippen LogP contribution < -0.4 is 4.90 Å². The van der Waals surface area contributed by atoms with Crippen molar-refractivity contribution in [3.05, 3.63) is 22.4 Å². The van der Waals surface area contributed by atoms with Crippen LogP contribution >= 0.6 is 11.8 Å². The fraction of sp³-hybridized carbons (Fsp3) is 0.647. The van der Waals surface area contributed by atoms with E-state index < -0.39 is 0 Å². The predicted octanol–water partition coefficient (Wildman–Crippen LogP) is 2.92. The van der Waals surface area contributed by atoms with Crippen molar-refractivity contribution in [2.75, 3.05) is 31.2 Å². The number of ether oxygens (including phenoxy) is 1. The van der Waals surface area contributed by atoms with Crippen LogP contribution in [0.15, 0.2) is 0 Å². The fourth-order valence-electron chi connectivity index (χ4n) is 3.23. The van der Waals surface area contributed by atoms with E-state index in [-0.39, 0.29) is 4.75 Å². The third-order valence-electron chi connectivity index (χ3n) is 4.45. The average Bonchev–Trinajstić information content (AvgIpc) is 2.53. The summed E-state index contributed by atoms with van der Waals surface area (Å²) >= 11 is 1.97. The first-order valence-electron chi connectivity index (χ1n) is 7.97. The van der Waals surface area contributed by atoms with Crippen LogP contribution in [0.25, 0.3) is 0 Å². The van der Waals surface area contributed by atoms with E-state index >= 15 is 0 Å². The normalized spacial score (nSPS) is 20.4. The lowest BCUT2D eigenvalue weighted by atomic mass is 9.91. The summed E-state index contributed by atoms with van der Waals surface area (Å²) in [6.07, 6.45) is 1.87. The fourth-order valence-corrected chi connectivity index (χ4v) is 4.36. The molecule has 1 aromatic heterocycles. The van der Waals surface area contributed by atoms with Gasteiger partial charge in [0.2, 0.25) is 0 Å². The molecule has 0 amide bonds. The van der Waals surface area contributed by atoms with Gasteiger partial charge in [-0.3, -0.25) is 0 Å². The lowest BCUT2D eigenvalue weighted by molar-refractivity contribution is 0.122. The quantitative estimate of drug-likeness (QED) is 0.839. The Balaban J connectivity index is 2.13. The molecule has 1 fully saturated rings. The minimum absolute atomic E-state index is 0.188. The van der Waals surface area contributed by atoms with Crippen molar-refractivity contribution < 1.29 is 4.74 Å². The van der Waals surface area contributed by atoms with Gasteiger partial charge in [0.1, 0.15) is 11.9 Å². The van der Waals surface area contributed by atoms with Crippen LogP contribution in [0.5, 0.6) is 0 Å². The highest BCUT2D eigenvalue weighted by atomic mass is 32.2. The van der Waals surface area contributed by atoms with E-state index in [9.17, 15) is 5.26 Å². The van der Waals surface area contributed by atoms with Crippen LogP contribution in [0.1, 0.15) is 43.2 Å². The van der Waals surface area contributed by atoms with Gasteiger partial charge >= 0.3 is 0 Å². The minimum Gasteiger partial charge on any atom is -0.378 e. The summed E-state index contributed by atoms with van der Waals surface area (Å²) in [5.74, 6) is 1.85. The standard InChI is InChI=1S/C17H23N3OS/c1-4-15-14-11-22-17(2,3)9-12(14)13(10-18)16(19-15)20-5-7-21-8-6-20/h4-9,11H2,1-3H3. The van der Waals surface area contributed by atoms with Crippen LogP contribution in [0.2, 0.25) is 0 Å². The number of fused-ring (bicyclic) bond motifs is 1. The van der Waals surface area contributed by atoms with Crippen molar-refractivity contribution in [2.45, 2.75) is 44.1 Å². The molecule has 0 radical (unpaired) electrons. The van der Waals surface area contributed by atoms with Crippen molar-refractivity contribution >= 4 is 17.6 Å². The van der Waals surface area contributed by atoms with Crippen molar-refractivity contribution in [1.29, 1.82) is 5.26 Å². The van der Waals surface area contributed by atoms with Gasteiger partial charge in [-0.1, -0.05) is 20.8 Å². The van der Waals surface area contributed by atoms with E-state index in [2.05, 4.69) is 31.7 Å². The molecule has 0 N–H and O–H groups in total. The second-order valence-electron chi connectivity index (χ2n) is 6.50. The molecule has 2 aliphatic rings. The zero-order chi connectivity index (χ0) is 15.7. The molecule has 22 heavy (non-hydrogen) atoms. The summed E-state index contributed by atoms with van der Waals surface area (Å²) in [7, 11) is 0. The number of nitriles is 1. The van der Waals surface area contributed by atoms with Crippen molar-refractivity contribution in [1.82, 2.24) is 4.98 Å². The first-order valence-corrected chi connectivity index (χ1v) is 8.95. The second-order valence-corrected chi connectivity index (χ2v) is 8.19. The Morgan fingerprint density at radius 3 is 2.68 bits per heavy atom. The minimum atomic E-state index is 0.188. The third kappa shape index (κ3) is 2.82. The number of hydrogen-bond donors (Lipinski definition) is 0. The number of pyridine rings is 1. The third-order valence-corrected chi connectivity index (χ3v) is 5.80. The Hall–Kier alpha value is -1.25. The Morgan fingerprint density at radius 1 is 1.32 bits per heavy atom. The van der Waals surface area contributed by atoms with Crippen molar-refractivity contribution in [3.63, 3.8) is 0 Å². The van der Waals surface area contributed by atoms with E-state index in [1.54, 1.807) is 0 Å². The van der Waals surface area contributed by atoms with E-state index in [0.717, 1.165) is 43.1 Å². The molecule has 0 atom stereocenters. The summed E-state index contributed by atoms with van der Waals surface area (Å²) in [6, 6.07) is 2.46. The largest absolute Gasteiger partial charge is 0.378 e. The number of anilines is 1. The number of aryl methyl sites for hydroxylation is 1. The van der Waals surface area contributed by atoms with Crippen LogP contribution in [0.4, 0.5) is 5.82 Å². The molecular weight excluding hydrogens is 294 g/mol. The van der Waals surface area contributed by atoms with Gasteiger partial charge in [0, 0.05) is 29.3 Å². The highest BCUT2D eigenvalue weighted by Crippen LogP contribution is 2.42. The van der Waals surface area contributed by atoms with E-state index in [0.29, 0.717) is 13.2 Å². The van der Waals surface area contributed by atoms with E-state index in [4.69, 9.17) is 9.72 Å². The van der Waals surface area contributed by atoms with Crippen LogP contribution in [-0.4, -0.2) is 36.0 Å². The lowest BCUT2D eigenvalue weighted by Crippen LogP contribution is -2.38. The molecule has 3 heterocycles. The smallest absolute Gasteiger partial charge is 0.147 e. The molecule has 4 nitrogen and oxygen atoms in total. The summed E-state index contributed by atoms with van der Waals surface area (Å²) in [5.41, 5.74) is 4.50. The maximum absolute atomic E-state index is 9.78. The topological polar surface area (TPSA) is 49.2 Å². The zero-order valence-corrected chi connectivity index (χ0v) is 14.4. The molecule has 0 aliphatic carbocycles. The molecule has 1 aromatic rings. The van der Waals surface area contributed by atoms with Crippen molar-refractivity contribution in [2.24, 2.45) is 0 Å². The summed E-state index contributed by atoms with van der Waals surface area (Å²) < 4.78 is 5.63. The predicted molar refractivity (Wildman–Crippen MR) is 90.4 cm³/mol. The number of thioether (sulfide) groups is 1. The van der Waals surface area contributed by atoms with Gasteiger partial charge in [0.15, 0.2) is 0 Å². The number of morpholine rings is 1. The molecule has 2 aliphatic heterocycles. The van der Waals surface area contributed by atoms with Crippen molar-refractivity contribution in [3.8, 4) is 6.07 Å². The lowest BCUT2D eigenvalue weighted by Gasteiger charge is -2.35. The highest BCUT2D eigenvalue weighted by Gasteiger charge is 2.32. The molecule has 3 rings (SSSR count). The molecule has 0 saturated carbocycles. The molecule has 0 unspecified atom stereocenters. The number of hydrogen-bond acceptors (Lipinski definition) is 5. The second kappa shape index (κ2) is 6.10. The first-order chi connectivity index (χ1) is 10.6. The molecule has 0 bridgehead atoms.